The van der Waals surface area contributed by atoms with Crippen molar-refractivity contribution in [1.82, 2.24) is 19.4 Å². The Morgan fingerprint density at radius 2 is 1.77 bits per heavy atom. The number of carbonyl (C=O) groups is 1. The lowest BCUT2D eigenvalue weighted by molar-refractivity contribution is 0.0117. The molecule has 1 saturated heterocycles. The molecule has 0 saturated carbocycles. The lowest BCUT2D eigenvalue weighted by Gasteiger charge is -2.40. The number of benzene rings is 1. The van der Waals surface area contributed by atoms with Crippen molar-refractivity contribution in [1.29, 1.82) is 0 Å². The van der Waals surface area contributed by atoms with Crippen LogP contribution in [0.1, 0.15) is 85.3 Å². The Bertz CT molecular complexity index is 1210. The summed E-state index contributed by atoms with van der Waals surface area (Å²) in [6.45, 7) is 23.1. The first-order valence-corrected chi connectivity index (χ1v) is 14.8. The summed E-state index contributed by atoms with van der Waals surface area (Å²) in [5, 5.41) is 0.705. The van der Waals surface area contributed by atoms with Gasteiger partial charge in [-0.2, -0.15) is 0 Å². The number of halogens is 1. The van der Waals surface area contributed by atoms with E-state index in [-0.39, 0.29) is 12.1 Å². The smallest absolute Gasteiger partial charge is 0.410 e. The van der Waals surface area contributed by atoms with Gasteiger partial charge < -0.3 is 14.2 Å². The van der Waals surface area contributed by atoms with Crippen LogP contribution in [0.25, 0.3) is 6.08 Å². The monoisotopic (exact) mass is 569 g/mol. The van der Waals surface area contributed by atoms with E-state index in [1.54, 1.807) is 4.90 Å². The predicted octanol–water partition coefficient (Wildman–Crippen LogP) is 7.95. The Kier molecular flexibility index (Phi) is 12.7. The van der Waals surface area contributed by atoms with Gasteiger partial charge >= 0.3 is 6.09 Å². The number of piperazine rings is 1. The van der Waals surface area contributed by atoms with Crippen LogP contribution in [-0.2, 0) is 11.3 Å². The second kappa shape index (κ2) is 15.2. The molecule has 0 bridgehead atoms. The number of nitrogens with zero attached hydrogens (tertiary/aromatic N) is 5. The predicted molar refractivity (Wildman–Crippen MR) is 168 cm³/mol. The summed E-state index contributed by atoms with van der Waals surface area (Å²) >= 11 is 6.46. The molecule has 220 valence electrons. The Morgan fingerprint density at radius 1 is 1.12 bits per heavy atom. The maximum atomic E-state index is 12.7. The van der Waals surface area contributed by atoms with Gasteiger partial charge in [0.1, 0.15) is 11.4 Å². The molecule has 1 aliphatic carbocycles. The molecule has 0 N–H and O–H groups in total. The van der Waals surface area contributed by atoms with E-state index in [1.807, 2.05) is 93.1 Å². The second-order valence-electron chi connectivity index (χ2n) is 10.3. The number of allylic oxidation sites excluding steroid dienone is 2. The van der Waals surface area contributed by atoms with Crippen LogP contribution >= 0.6 is 11.6 Å². The number of hydrogen-bond donors (Lipinski definition) is 0. The highest BCUT2D eigenvalue weighted by Gasteiger charge is 2.34. The van der Waals surface area contributed by atoms with E-state index >= 15 is 0 Å². The van der Waals surface area contributed by atoms with Crippen LogP contribution in [-0.4, -0.2) is 63.4 Å². The third-order valence-corrected chi connectivity index (χ3v) is 6.90. The molecule has 1 aromatic heterocycles. The molecule has 1 aromatic carbocycles. The summed E-state index contributed by atoms with van der Waals surface area (Å²) in [5.74, 6) is 0.967. The average Bonchev–Trinajstić information content (AvgIpc) is 3.29. The van der Waals surface area contributed by atoms with Crippen molar-refractivity contribution >= 4 is 30.0 Å². The van der Waals surface area contributed by atoms with Gasteiger partial charge in [-0.1, -0.05) is 45.4 Å². The summed E-state index contributed by atoms with van der Waals surface area (Å²) in [6.07, 6.45) is 7.67. The van der Waals surface area contributed by atoms with E-state index in [4.69, 9.17) is 21.3 Å². The fraction of sp³-hybridized carbons (Fsp3) is 0.531. The first-order chi connectivity index (χ1) is 19.1. The van der Waals surface area contributed by atoms with Crippen LogP contribution in [0.4, 0.5) is 4.79 Å². The number of aliphatic imine (C=N–C) groups is 1. The summed E-state index contributed by atoms with van der Waals surface area (Å²) in [4.78, 5) is 26.2. The first-order valence-electron chi connectivity index (χ1n) is 14.5. The minimum absolute atomic E-state index is 0.0492. The highest BCUT2D eigenvalue weighted by molar-refractivity contribution is 6.30. The molecule has 0 spiro atoms. The summed E-state index contributed by atoms with van der Waals surface area (Å²) in [7, 11) is 0. The molecule has 2 aromatic rings. The number of rotatable bonds is 4. The molecule has 8 heteroatoms. The van der Waals surface area contributed by atoms with E-state index < -0.39 is 5.60 Å². The first kappa shape index (κ1) is 33.3. The van der Waals surface area contributed by atoms with E-state index in [9.17, 15) is 4.79 Å². The van der Waals surface area contributed by atoms with Gasteiger partial charge in [0.2, 0.25) is 0 Å². The van der Waals surface area contributed by atoms with Gasteiger partial charge in [0.05, 0.1) is 11.7 Å². The Morgan fingerprint density at radius 3 is 2.33 bits per heavy atom. The maximum Gasteiger partial charge on any atom is 0.410 e. The van der Waals surface area contributed by atoms with E-state index in [2.05, 4.69) is 33.5 Å². The number of hydrogen-bond acceptors (Lipinski definition) is 5. The maximum absolute atomic E-state index is 12.7. The Balaban J connectivity index is 0.00000134. The molecule has 1 fully saturated rings. The SMILES string of the molecule is CC.CC.CC=NC1=C(C)C(Cn2ccnc2C)=Cc2cc(Cl)ccc2C1N1CCN(C(=O)OC(C)(C)C)CC1. The molecule has 2 heterocycles. The van der Waals surface area contributed by atoms with Crippen LogP contribution in [0.15, 0.2) is 52.4 Å². The van der Waals surface area contributed by atoms with Gasteiger partial charge in [0.25, 0.3) is 0 Å². The van der Waals surface area contributed by atoms with Gasteiger partial charge in [-0.25, -0.2) is 9.78 Å². The molecule has 7 nitrogen and oxygen atoms in total. The van der Waals surface area contributed by atoms with Gasteiger partial charge in [-0.3, -0.25) is 9.89 Å². The number of ether oxygens (including phenoxy) is 1. The van der Waals surface area contributed by atoms with Crippen LogP contribution in [0.2, 0.25) is 5.02 Å². The third-order valence-electron chi connectivity index (χ3n) is 6.66. The zero-order valence-electron chi connectivity index (χ0n) is 26.1. The zero-order valence-corrected chi connectivity index (χ0v) is 26.8. The van der Waals surface area contributed by atoms with Crippen LogP contribution < -0.4 is 0 Å². The summed E-state index contributed by atoms with van der Waals surface area (Å²) in [5.41, 5.74) is 5.10. The minimum Gasteiger partial charge on any atom is -0.444 e. The molecule has 40 heavy (non-hydrogen) atoms. The van der Waals surface area contributed by atoms with E-state index in [1.165, 1.54) is 11.1 Å². The normalized spacial score (nSPS) is 17.7. The Hall–Kier alpha value is -2.90. The van der Waals surface area contributed by atoms with Crippen molar-refractivity contribution < 1.29 is 9.53 Å². The van der Waals surface area contributed by atoms with Gasteiger partial charge in [0, 0.05) is 56.4 Å². The zero-order chi connectivity index (χ0) is 30.0. The highest BCUT2D eigenvalue weighted by Crippen LogP contribution is 2.41. The number of imidazole rings is 1. The molecule has 1 unspecified atom stereocenters. The van der Waals surface area contributed by atoms with E-state index in [0.29, 0.717) is 24.7 Å². The molecule has 2 aliphatic rings. The van der Waals surface area contributed by atoms with Crippen molar-refractivity contribution in [2.75, 3.05) is 26.2 Å². The fourth-order valence-electron chi connectivity index (χ4n) is 4.82. The molecule has 1 aliphatic heterocycles. The average molecular weight is 570 g/mol. The summed E-state index contributed by atoms with van der Waals surface area (Å²) < 4.78 is 7.75. The quantitative estimate of drug-likeness (QED) is 0.350. The number of aryl methyl sites for hydroxylation is 1. The minimum atomic E-state index is -0.508. The third kappa shape index (κ3) is 8.31. The number of carbonyl (C=O) groups excluding carboxylic acids is 1. The Labute approximate surface area is 246 Å². The van der Waals surface area contributed by atoms with Crippen molar-refractivity contribution in [3.05, 3.63) is 69.4 Å². The van der Waals surface area contributed by atoms with Crippen LogP contribution in [0, 0.1) is 6.92 Å². The lowest BCUT2D eigenvalue weighted by atomic mass is 9.96. The van der Waals surface area contributed by atoms with Crippen molar-refractivity contribution in [2.45, 2.75) is 87.4 Å². The van der Waals surface area contributed by atoms with Gasteiger partial charge in [-0.05, 0) is 82.0 Å². The van der Waals surface area contributed by atoms with Gasteiger partial charge in [0.15, 0.2) is 0 Å². The largest absolute Gasteiger partial charge is 0.444 e. The van der Waals surface area contributed by atoms with Crippen molar-refractivity contribution in [3.63, 3.8) is 0 Å². The van der Waals surface area contributed by atoms with Crippen LogP contribution in [0.3, 0.4) is 0 Å². The van der Waals surface area contributed by atoms with Crippen molar-refractivity contribution in [2.24, 2.45) is 4.99 Å². The highest BCUT2D eigenvalue weighted by atomic mass is 35.5. The number of fused-ring (bicyclic) bond motifs is 1. The van der Waals surface area contributed by atoms with Gasteiger partial charge in [-0.15, -0.1) is 0 Å². The number of aromatic nitrogens is 2. The van der Waals surface area contributed by atoms with E-state index in [0.717, 1.165) is 35.7 Å². The summed E-state index contributed by atoms with van der Waals surface area (Å²) in [6, 6.07) is 6.05. The molecule has 4 rings (SSSR count). The molecular formula is C32H48ClN5O2. The lowest BCUT2D eigenvalue weighted by Crippen LogP contribution is -2.51. The fourth-order valence-corrected chi connectivity index (χ4v) is 5.00. The standard InChI is InChI=1S/C28H36ClN5O2.2C2H6/c1-7-30-25-19(2)22(18-34-11-10-31-20(34)3)16-21-17-23(29)8-9-24(21)26(25)32-12-14-33(15-13-32)27(35)36-28(4,5)6;2*1-2/h7-11,16-17,26H,12-15,18H2,1-6H3;2*1-2H3. The molecule has 1 atom stereocenters. The van der Waals surface area contributed by atoms with Crippen LogP contribution in [0.5, 0.6) is 0 Å². The molecule has 0 radical (unpaired) electrons. The molecular weight excluding hydrogens is 522 g/mol. The molecule has 1 amide bonds. The second-order valence-corrected chi connectivity index (χ2v) is 10.8. The number of amides is 1. The van der Waals surface area contributed by atoms with Crippen molar-refractivity contribution in [3.8, 4) is 0 Å². The topological polar surface area (TPSA) is 63.0 Å².